The average molecular weight is 269 g/mol. The predicted molar refractivity (Wildman–Crippen MR) is 70.7 cm³/mol. The van der Waals surface area contributed by atoms with Gasteiger partial charge in [-0.3, -0.25) is 9.59 Å². The second-order valence-electron chi connectivity index (χ2n) is 5.07. The first-order valence-electron chi connectivity index (χ1n) is 7.11. The number of carbonyl (C=O) groups excluding carboxylic acids is 2. The summed E-state index contributed by atoms with van der Waals surface area (Å²) >= 11 is 0. The monoisotopic (exact) mass is 269 g/mol. The van der Waals surface area contributed by atoms with Crippen LogP contribution in [0.2, 0.25) is 0 Å². The highest BCUT2D eigenvalue weighted by Crippen LogP contribution is 2.18. The molecule has 0 aromatic rings. The smallest absolute Gasteiger partial charge is 0.224 e. The summed E-state index contributed by atoms with van der Waals surface area (Å²) in [5, 5.41) is 6.08. The van der Waals surface area contributed by atoms with Crippen LogP contribution >= 0.6 is 0 Å². The van der Waals surface area contributed by atoms with Crippen molar-refractivity contribution in [3.05, 3.63) is 0 Å². The van der Waals surface area contributed by atoms with E-state index in [1.54, 1.807) is 4.90 Å². The number of ether oxygens (including phenoxy) is 1. The molecule has 0 aromatic carbocycles. The van der Waals surface area contributed by atoms with Crippen LogP contribution in [-0.2, 0) is 14.3 Å². The third-order valence-corrected chi connectivity index (χ3v) is 3.39. The largest absolute Gasteiger partial charge is 0.378 e. The zero-order valence-electron chi connectivity index (χ0n) is 11.3. The fourth-order valence-corrected chi connectivity index (χ4v) is 2.05. The molecule has 1 heterocycles. The number of nitrogens with zero attached hydrogens (tertiary/aromatic N) is 1. The Balaban J connectivity index is 1.49. The van der Waals surface area contributed by atoms with Gasteiger partial charge in [0.15, 0.2) is 0 Å². The quantitative estimate of drug-likeness (QED) is 0.653. The second kappa shape index (κ2) is 7.45. The van der Waals surface area contributed by atoms with Crippen molar-refractivity contribution >= 4 is 11.8 Å². The van der Waals surface area contributed by atoms with Gasteiger partial charge in [-0.05, 0) is 12.8 Å². The molecule has 108 valence electrons. The highest BCUT2D eigenvalue weighted by molar-refractivity contribution is 5.79. The second-order valence-corrected chi connectivity index (χ2v) is 5.07. The van der Waals surface area contributed by atoms with Crippen molar-refractivity contribution in [2.24, 2.45) is 0 Å². The van der Waals surface area contributed by atoms with Gasteiger partial charge in [0.1, 0.15) is 0 Å². The van der Waals surface area contributed by atoms with E-state index >= 15 is 0 Å². The van der Waals surface area contributed by atoms with E-state index < -0.39 is 0 Å². The van der Waals surface area contributed by atoms with Gasteiger partial charge in [-0.25, -0.2) is 0 Å². The molecule has 2 rings (SSSR count). The van der Waals surface area contributed by atoms with Crippen LogP contribution in [0.5, 0.6) is 0 Å². The van der Waals surface area contributed by atoms with E-state index in [0.29, 0.717) is 51.7 Å². The Morgan fingerprint density at radius 1 is 1.11 bits per heavy atom. The van der Waals surface area contributed by atoms with Crippen LogP contribution in [-0.4, -0.2) is 62.1 Å². The lowest BCUT2D eigenvalue weighted by molar-refractivity contribution is -0.135. The Labute approximate surface area is 113 Å². The Kier molecular flexibility index (Phi) is 5.60. The molecule has 2 amide bonds. The third kappa shape index (κ3) is 5.57. The van der Waals surface area contributed by atoms with Crippen LogP contribution in [0.3, 0.4) is 0 Å². The van der Waals surface area contributed by atoms with Gasteiger partial charge in [0, 0.05) is 45.1 Å². The summed E-state index contributed by atoms with van der Waals surface area (Å²) in [6.45, 7) is 3.72. The van der Waals surface area contributed by atoms with E-state index in [-0.39, 0.29) is 11.8 Å². The maximum absolute atomic E-state index is 11.8. The minimum Gasteiger partial charge on any atom is -0.378 e. The standard InChI is InChI=1S/C13H23N3O3/c17-12(3-5-14-11-1-2-11)15-6-4-13(18)16-7-9-19-10-8-16/h11,14H,1-10H2,(H,15,17). The van der Waals surface area contributed by atoms with Crippen molar-refractivity contribution in [3.8, 4) is 0 Å². The van der Waals surface area contributed by atoms with Gasteiger partial charge in [0.25, 0.3) is 0 Å². The molecular formula is C13H23N3O3. The van der Waals surface area contributed by atoms with E-state index in [2.05, 4.69) is 10.6 Å². The summed E-state index contributed by atoms with van der Waals surface area (Å²) in [6, 6.07) is 0.635. The molecular weight excluding hydrogens is 246 g/mol. The van der Waals surface area contributed by atoms with Gasteiger partial charge >= 0.3 is 0 Å². The molecule has 6 heteroatoms. The third-order valence-electron chi connectivity index (χ3n) is 3.39. The maximum atomic E-state index is 11.8. The van der Waals surface area contributed by atoms with Crippen LogP contribution < -0.4 is 10.6 Å². The van der Waals surface area contributed by atoms with Crippen molar-refractivity contribution in [3.63, 3.8) is 0 Å². The molecule has 0 radical (unpaired) electrons. The first-order valence-corrected chi connectivity index (χ1v) is 7.11. The zero-order valence-corrected chi connectivity index (χ0v) is 11.3. The summed E-state index contributed by atoms with van der Waals surface area (Å²) in [5.74, 6) is 0.114. The minimum absolute atomic E-state index is 0.0166. The molecule has 0 atom stereocenters. The van der Waals surface area contributed by atoms with Crippen molar-refractivity contribution in [2.75, 3.05) is 39.4 Å². The molecule has 1 saturated carbocycles. The number of hydrogen-bond acceptors (Lipinski definition) is 4. The first kappa shape index (κ1) is 14.3. The van der Waals surface area contributed by atoms with E-state index in [1.807, 2.05) is 0 Å². The molecule has 0 bridgehead atoms. The zero-order chi connectivity index (χ0) is 13.5. The van der Waals surface area contributed by atoms with Gasteiger partial charge in [-0.2, -0.15) is 0 Å². The van der Waals surface area contributed by atoms with Crippen molar-refractivity contribution < 1.29 is 14.3 Å². The van der Waals surface area contributed by atoms with E-state index in [0.717, 1.165) is 6.54 Å². The number of carbonyl (C=O) groups is 2. The van der Waals surface area contributed by atoms with Gasteiger partial charge in [-0.1, -0.05) is 0 Å². The summed E-state index contributed by atoms with van der Waals surface area (Å²) in [7, 11) is 0. The molecule has 1 aliphatic carbocycles. The lowest BCUT2D eigenvalue weighted by Gasteiger charge is -2.26. The minimum atomic E-state index is 0.0166. The van der Waals surface area contributed by atoms with Crippen molar-refractivity contribution in [1.82, 2.24) is 15.5 Å². The Morgan fingerprint density at radius 2 is 1.84 bits per heavy atom. The van der Waals surface area contributed by atoms with Crippen LogP contribution in [0.25, 0.3) is 0 Å². The Hall–Kier alpha value is -1.14. The Morgan fingerprint density at radius 3 is 2.53 bits per heavy atom. The highest BCUT2D eigenvalue weighted by Gasteiger charge is 2.20. The normalized spacial score (nSPS) is 19.3. The lowest BCUT2D eigenvalue weighted by Crippen LogP contribution is -2.42. The molecule has 19 heavy (non-hydrogen) atoms. The Bertz CT molecular complexity index is 312. The average Bonchev–Trinajstić information content (AvgIpc) is 3.24. The van der Waals surface area contributed by atoms with Crippen LogP contribution in [0, 0.1) is 0 Å². The van der Waals surface area contributed by atoms with Crippen LogP contribution in [0.1, 0.15) is 25.7 Å². The number of morpholine rings is 1. The van der Waals surface area contributed by atoms with E-state index in [4.69, 9.17) is 4.74 Å². The van der Waals surface area contributed by atoms with Crippen LogP contribution in [0.15, 0.2) is 0 Å². The fourth-order valence-electron chi connectivity index (χ4n) is 2.05. The van der Waals surface area contributed by atoms with Crippen LogP contribution in [0.4, 0.5) is 0 Å². The summed E-state index contributed by atoms with van der Waals surface area (Å²) in [5.41, 5.74) is 0. The lowest BCUT2D eigenvalue weighted by atomic mass is 10.3. The molecule has 1 aliphatic heterocycles. The van der Waals surface area contributed by atoms with Gasteiger partial charge < -0.3 is 20.3 Å². The molecule has 1 saturated heterocycles. The van der Waals surface area contributed by atoms with E-state index in [1.165, 1.54) is 12.8 Å². The topological polar surface area (TPSA) is 70.7 Å². The SMILES string of the molecule is O=C(CCNC1CC1)NCCC(=O)N1CCOCC1. The van der Waals surface area contributed by atoms with Crippen molar-refractivity contribution in [1.29, 1.82) is 0 Å². The van der Waals surface area contributed by atoms with Gasteiger partial charge in [0.2, 0.25) is 11.8 Å². The summed E-state index contributed by atoms with van der Waals surface area (Å²) < 4.78 is 5.19. The molecule has 2 fully saturated rings. The van der Waals surface area contributed by atoms with E-state index in [9.17, 15) is 9.59 Å². The molecule has 2 N–H and O–H groups in total. The molecule has 0 aromatic heterocycles. The highest BCUT2D eigenvalue weighted by atomic mass is 16.5. The summed E-state index contributed by atoms with van der Waals surface area (Å²) in [6.07, 6.45) is 3.33. The number of amides is 2. The summed E-state index contributed by atoms with van der Waals surface area (Å²) in [4.78, 5) is 25.1. The fraction of sp³-hybridized carbons (Fsp3) is 0.846. The molecule has 6 nitrogen and oxygen atoms in total. The van der Waals surface area contributed by atoms with Crippen molar-refractivity contribution in [2.45, 2.75) is 31.7 Å². The predicted octanol–water partition coefficient (Wildman–Crippen LogP) is -0.506. The maximum Gasteiger partial charge on any atom is 0.224 e. The first-order chi connectivity index (χ1) is 9.25. The molecule has 0 unspecified atom stereocenters. The molecule has 0 spiro atoms. The number of nitrogens with one attached hydrogen (secondary N) is 2. The number of rotatable bonds is 7. The molecule has 2 aliphatic rings. The van der Waals surface area contributed by atoms with Gasteiger partial charge in [0.05, 0.1) is 13.2 Å². The van der Waals surface area contributed by atoms with Gasteiger partial charge in [-0.15, -0.1) is 0 Å². The number of hydrogen-bond donors (Lipinski definition) is 2.